The highest BCUT2D eigenvalue weighted by Crippen LogP contribution is 2.33. The number of nitrogens with one attached hydrogen (secondary N) is 1. The van der Waals surface area contributed by atoms with Crippen LogP contribution in [0.1, 0.15) is 50.1 Å². The van der Waals surface area contributed by atoms with Crippen molar-refractivity contribution >= 4 is 27.5 Å². The monoisotopic (exact) mass is 342 g/mol. The van der Waals surface area contributed by atoms with E-state index in [0.29, 0.717) is 0 Å². The summed E-state index contributed by atoms with van der Waals surface area (Å²) in [5.41, 5.74) is 5.35. The lowest BCUT2D eigenvalue weighted by atomic mass is 9.91. The van der Waals surface area contributed by atoms with Crippen molar-refractivity contribution < 1.29 is 0 Å². The molecule has 104 valence electrons. The first-order chi connectivity index (χ1) is 9.22. The van der Waals surface area contributed by atoms with Crippen LogP contribution in [-0.4, -0.2) is 0 Å². The van der Waals surface area contributed by atoms with Crippen LogP contribution >= 0.6 is 27.5 Å². The molecule has 0 fully saturated rings. The predicted molar refractivity (Wildman–Crippen MR) is 85.0 cm³/mol. The number of rotatable bonds is 3. The molecule has 1 atom stereocenters. The van der Waals surface area contributed by atoms with E-state index in [9.17, 15) is 0 Å². The molecule has 0 radical (unpaired) electrons. The third kappa shape index (κ3) is 4.06. The van der Waals surface area contributed by atoms with Gasteiger partial charge < -0.3 is 0 Å². The van der Waals surface area contributed by atoms with Crippen molar-refractivity contribution in [3.05, 3.63) is 44.9 Å². The van der Waals surface area contributed by atoms with Crippen molar-refractivity contribution in [3.8, 4) is 0 Å². The van der Waals surface area contributed by atoms with Crippen LogP contribution in [0.3, 0.4) is 0 Å². The van der Waals surface area contributed by atoms with E-state index in [2.05, 4.69) is 27.4 Å². The van der Waals surface area contributed by atoms with Gasteiger partial charge in [-0.1, -0.05) is 58.1 Å². The highest BCUT2D eigenvalue weighted by atomic mass is 79.9. The lowest BCUT2D eigenvalue weighted by molar-refractivity contribution is 0.555. The molecule has 1 aliphatic carbocycles. The average molecular weight is 344 g/mol. The minimum absolute atomic E-state index is 0.0266. The van der Waals surface area contributed by atoms with Gasteiger partial charge in [0.25, 0.3) is 0 Å². The Hall–Kier alpha value is -0.350. The number of nitrogens with two attached hydrogens (primary N) is 1. The van der Waals surface area contributed by atoms with Gasteiger partial charge in [-0.15, -0.1) is 0 Å². The first-order valence-corrected chi connectivity index (χ1v) is 7.99. The predicted octanol–water partition coefficient (Wildman–Crippen LogP) is 4.89. The standard InChI is InChI=1S/C15H20BrClN2/c16-12-8-9-13(14(17)10-12)15(19-18)11-6-4-2-1-3-5-7-11/h6,8-10,15,19H,1-5,7,18H2/b11-6+. The highest BCUT2D eigenvalue weighted by molar-refractivity contribution is 9.10. The summed E-state index contributed by atoms with van der Waals surface area (Å²) < 4.78 is 0.990. The normalized spacial score (nSPS) is 21.1. The molecule has 0 saturated carbocycles. The first-order valence-electron chi connectivity index (χ1n) is 6.82. The molecular formula is C15H20BrClN2. The van der Waals surface area contributed by atoms with E-state index in [0.717, 1.165) is 27.9 Å². The molecule has 0 spiro atoms. The van der Waals surface area contributed by atoms with Crippen LogP contribution in [0.15, 0.2) is 34.3 Å². The van der Waals surface area contributed by atoms with Crippen LogP contribution in [-0.2, 0) is 0 Å². The molecule has 1 aromatic rings. The number of allylic oxidation sites excluding steroid dienone is 1. The number of hydrazine groups is 1. The minimum Gasteiger partial charge on any atom is -0.271 e. The van der Waals surface area contributed by atoms with Crippen LogP contribution in [0.4, 0.5) is 0 Å². The van der Waals surface area contributed by atoms with E-state index in [-0.39, 0.29) is 6.04 Å². The van der Waals surface area contributed by atoms with Crippen molar-refractivity contribution in [1.82, 2.24) is 5.43 Å². The van der Waals surface area contributed by atoms with E-state index in [4.69, 9.17) is 17.4 Å². The van der Waals surface area contributed by atoms with Crippen LogP contribution in [0.5, 0.6) is 0 Å². The number of benzene rings is 1. The molecule has 2 nitrogen and oxygen atoms in total. The van der Waals surface area contributed by atoms with E-state index in [1.54, 1.807) is 0 Å². The Labute approximate surface area is 128 Å². The average Bonchev–Trinajstić information content (AvgIpc) is 2.34. The Morgan fingerprint density at radius 2 is 2.00 bits per heavy atom. The van der Waals surface area contributed by atoms with Crippen molar-refractivity contribution in [2.45, 2.75) is 44.6 Å². The minimum atomic E-state index is 0.0266. The van der Waals surface area contributed by atoms with Gasteiger partial charge in [0.15, 0.2) is 0 Å². The molecule has 1 aromatic carbocycles. The maximum Gasteiger partial charge on any atom is 0.0684 e. The van der Waals surface area contributed by atoms with Crippen LogP contribution in [0.25, 0.3) is 0 Å². The molecule has 0 amide bonds. The summed E-state index contributed by atoms with van der Waals surface area (Å²) in [4.78, 5) is 0. The van der Waals surface area contributed by atoms with Gasteiger partial charge in [0, 0.05) is 9.50 Å². The Balaban J connectivity index is 2.27. The molecule has 3 N–H and O–H groups in total. The molecule has 2 rings (SSSR count). The second-order valence-corrected chi connectivity index (χ2v) is 6.32. The summed E-state index contributed by atoms with van der Waals surface area (Å²) in [5.74, 6) is 5.77. The molecule has 4 heteroatoms. The van der Waals surface area contributed by atoms with Gasteiger partial charge in [-0.2, -0.15) is 0 Å². The lowest BCUT2D eigenvalue weighted by Gasteiger charge is -2.23. The third-order valence-corrected chi connectivity index (χ3v) is 4.46. The zero-order chi connectivity index (χ0) is 13.7. The third-order valence-electron chi connectivity index (χ3n) is 3.64. The Morgan fingerprint density at radius 1 is 1.21 bits per heavy atom. The van der Waals surface area contributed by atoms with Crippen LogP contribution in [0, 0.1) is 0 Å². The largest absolute Gasteiger partial charge is 0.271 e. The van der Waals surface area contributed by atoms with Gasteiger partial charge in [0.1, 0.15) is 0 Å². The van der Waals surface area contributed by atoms with E-state index in [1.165, 1.54) is 31.3 Å². The van der Waals surface area contributed by atoms with Gasteiger partial charge in [-0.25, -0.2) is 5.43 Å². The number of hydrogen-bond acceptors (Lipinski definition) is 2. The zero-order valence-electron chi connectivity index (χ0n) is 11.0. The maximum absolute atomic E-state index is 6.34. The van der Waals surface area contributed by atoms with Crippen molar-refractivity contribution in [1.29, 1.82) is 0 Å². The molecule has 0 heterocycles. The summed E-state index contributed by atoms with van der Waals surface area (Å²) in [6.07, 6.45) is 9.73. The second-order valence-electron chi connectivity index (χ2n) is 5.00. The van der Waals surface area contributed by atoms with Gasteiger partial charge >= 0.3 is 0 Å². The molecule has 19 heavy (non-hydrogen) atoms. The van der Waals surface area contributed by atoms with Crippen molar-refractivity contribution in [2.75, 3.05) is 0 Å². The van der Waals surface area contributed by atoms with Gasteiger partial charge in [0.2, 0.25) is 0 Å². The fourth-order valence-electron chi connectivity index (χ4n) is 2.61. The Kier molecular flexibility index (Phi) is 5.89. The number of hydrogen-bond donors (Lipinski definition) is 2. The molecule has 0 saturated heterocycles. The molecule has 1 unspecified atom stereocenters. The van der Waals surface area contributed by atoms with Crippen molar-refractivity contribution in [3.63, 3.8) is 0 Å². The van der Waals surface area contributed by atoms with Crippen LogP contribution in [0.2, 0.25) is 5.02 Å². The Morgan fingerprint density at radius 3 is 2.74 bits per heavy atom. The van der Waals surface area contributed by atoms with Gasteiger partial charge in [-0.3, -0.25) is 5.84 Å². The summed E-state index contributed by atoms with van der Waals surface area (Å²) in [6, 6.07) is 6.00. The first kappa shape index (κ1) is 15.0. The molecule has 0 aliphatic heterocycles. The molecule has 1 aliphatic rings. The lowest BCUT2D eigenvalue weighted by Crippen LogP contribution is -2.30. The topological polar surface area (TPSA) is 38.0 Å². The maximum atomic E-state index is 6.34. The summed E-state index contributed by atoms with van der Waals surface area (Å²) >= 11 is 9.78. The summed E-state index contributed by atoms with van der Waals surface area (Å²) in [5, 5.41) is 0.750. The zero-order valence-corrected chi connectivity index (χ0v) is 13.3. The fraction of sp³-hybridized carbons (Fsp3) is 0.467. The van der Waals surface area contributed by atoms with E-state index < -0.39 is 0 Å². The highest BCUT2D eigenvalue weighted by Gasteiger charge is 2.18. The second kappa shape index (κ2) is 7.44. The number of halogens is 2. The van der Waals surface area contributed by atoms with Crippen molar-refractivity contribution in [2.24, 2.45) is 5.84 Å². The SMILES string of the molecule is NNC(/C1=C/CCCCCC1)c1ccc(Br)cc1Cl. The summed E-state index contributed by atoms with van der Waals surface area (Å²) in [6.45, 7) is 0. The van der Waals surface area contributed by atoms with Gasteiger partial charge in [0.05, 0.1) is 6.04 Å². The fourth-order valence-corrected chi connectivity index (χ4v) is 3.39. The quantitative estimate of drug-likeness (QED) is 0.466. The summed E-state index contributed by atoms with van der Waals surface area (Å²) in [7, 11) is 0. The Bertz CT molecular complexity index is 459. The van der Waals surface area contributed by atoms with Gasteiger partial charge in [-0.05, 0) is 43.4 Å². The molecule has 0 aromatic heterocycles. The van der Waals surface area contributed by atoms with E-state index >= 15 is 0 Å². The molecule has 0 bridgehead atoms. The van der Waals surface area contributed by atoms with E-state index in [1.807, 2.05) is 18.2 Å². The smallest absolute Gasteiger partial charge is 0.0684 e. The van der Waals surface area contributed by atoms with Crippen LogP contribution < -0.4 is 11.3 Å². The molecular weight excluding hydrogens is 324 g/mol.